The maximum atomic E-state index is 10.9. The molecule has 5 nitrogen and oxygen atoms in total. The summed E-state index contributed by atoms with van der Waals surface area (Å²) in [4.78, 5) is 10.4. The lowest BCUT2D eigenvalue weighted by atomic mass is 10.1. The lowest BCUT2D eigenvalue weighted by Gasteiger charge is -2.10. The van der Waals surface area contributed by atoms with Gasteiger partial charge in [-0.05, 0) is 40.5 Å². The van der Waals surface area contributed by atoms with Crippen LogP contribution in [-0.2, 0) is 6.61 Å². The summed E-state index contributed by atoms with van der Waals surface area (Å²) in [6.45, 7) is 2.05. The molecule has 2 aromatic carbocycles. The van der Waals surface area contributed by atoms with Crippen LogP contribution in [-0.4, -0.2) is 4.92 Å². The van der Waals surface area contributed by atoms with Crippen molar-refractivity contribution in [2.45, 2.75) is 13.5 Å². The zero-order valence-corrected chi connectivity index (χ0v) is 12.8. The molecule has 21 heavy (non-hydrogen) atoms. The molecule has 0 saturated carbocycles. The molecule has 6 heteroatoms. The van der Waals surface area contributed by atoms with E-state index in [1.54, 1.807) is 30.3 Å². The molecule has 2 rings (SSSR count). The summed E-state index contributed by atoms with van der Waals surface area (Å²) in [5, 5.41) is 19.8. The normalized spacial score (nSPS) is 9.95. The first-order valence-corrected chi connectivity index (χ1v) is 6.87. The molecule has 0 aliphatic rings. The van der Waals surface area contributed by atoms with Crippen LogP contribution in [0.4, 0.5) is 5.69 Å². The molecule has 0 radical (unpaired) electrons. The molecule has 2 aromatic rings. The Labute approximate surface area is 130 Å². The first-order valence-electron chi connectivity index (χ1n) is 6.08. The van der Waals surface area contributed by atoms with E-state index in [1.165, 1.54) is 6.07 Å². The highest BCUT2D eigenvalue weighted by atomic mass is 79.9. The maximum absolute atomic E-state index is 10.9. The summed E-state index contributed by atoms with van der Waals surface area (Å²) in [5.74, 6) is 0.590. The molecule has 0 atom stereocenters. The van der Waals surface area contributed by atoms with E-state index in [1.807, 2.05) is 13.0 Å². The fraction of sp³-hybridized carbons (Fsp3) is 0.133. The van der Waals surface area contributed by atoms with Crippen LogP contribution in [0.3, 0.4) is 0 Å². The van der Waals surface area contributed by atoms with Crippen molar-refractivity contribution in [3.8, 4) is 11.8 Å². The minimum Gasteiger partial charge on any atom is -0.489 e. The van der Waals surface area contributed by atoms with Gasteiger partial charge in [-0.2, -0.15) is 5.26 Å². The Bertz CT molecular complexity index is 738. The second-order valence-corrected chi connectivity index (χ2v) is 5.18. The summed E-state index contributed by atoms with van der Waals surface area (Å²) in [7, 11) is 0. The van der Waals surface area contributed by atoms with Gasteiger partial charge in [0.25, 0.3) is 5.69 Å². The van der Waals surface area contributed by atoms with Crippen molar-refractivity contribution < 1.29 is 9.66 Å². The highest BCUT2D eigenvalue weighted by Gasteiger charge is 2.15. The van der Waals surface area contributed by atoms with E-state index in [0.29, 0.717) is 21.3 Å². The molecule has 0 N–H and O–H groups in total. The molecule has 0 unspecified atom stereocenters. The van der Waals surface area contributed by atoms with Crippen LogP contribution in [0.5, 0.6) is 5.75 Å². The van der Waals surface area contributed by atoms with Gasteiger partial charge in [-0.25, -0.2) is 0 Å². The highest BCUT2D eigenvalue weighted by Crippen LogP contribution is 2.29. The lowest BCUT2D eigenvalue weighted by molar-refractivity contribution is -0.385. The van der Waals surface area contributed by atoms with Crippen LogP contribution >= 0.6 is 15.9 Å². The number of ether oxygens (including phenoxy) is 1. The number of aryl methyl sites for hydroxylation is 1. The Morgan fingerprint density at radius 1 is 1.38 bits per heavy atom. The van der Waals surface area contributed by atoms with Gasteiger partial charge in [0.1, 0.15) is 16.8 Å². The minimum absolute atomic E-state index is 0.00130. The Hall–Kier alpha value is -2.39. The summed E-state index contributed by atoms with van der Waals surface area (Å²) in [6.07, 6.45) is 0. The van der Waals surface area contributed by atoms with Gasteiger partial charge in [0, 0.05) is 11.6 Å². The first kappa shape index (κ1) is 15.0. The second-order valence-electron chi connectivity index (χ2n) is 4.39. The van der Waals surface area contributed by atoms with Crippen LogP contribution in [0.25, 0.3) is 0 Å². The molecule has 106 valence electrons. The van der Waals surface area contributed by atoms with E-state index < -0.39 is 4.92 Å². The number of halogens is 1. The van der Waals surface area contributed by atoms with E-state index in [2.05, 4.69) is 15.9 Å². The van der Waals surface area contributed by atoms with E-state index in [4.69, 9.17) is 10.00 Å². The van der Waals surface area contributed by atoms with Crippen LogP contribution in [0.15, 0.2) is 40.9 Å². The standard InChI is InChI=1S/C15H11BrN2O3/c1-10-5-6-11(8-17)7-14(10)21-9-12-3-2-4-13(15(12)16)18(19)20/h2-7H,9H2,1H3. The molecule has 0 saturated heterocycles. The van der Waals surface area contributed by atoms with Gasteiger partial charge in [0.2, 0.25) is 0 Å². The zero-order valence-electron chi connectivity index (χ0n) is 11.2. The average Bonchev–Trinajstić information content (AvgIpc) is 2.47. The second kappa shape index (κ2) is 6.37. The number of nitrogens with zero attached hydrogens (tertiary/aromatic N) is 2. The van der Waals surface area contributed by atoms with Crippen molar-refractivity contribution in [1.82, 2.24) is 0 Å². The largest absolute Gasteiger partial charge is 0.489 e. The maximum Gasteiger partial charge on any atom is 0.283 e. The van der Waals surface area contributed by atoms with Crippen molar-refractivity contribution in [2.75, 3.05) is 0 Å². The highest BCUT2D eigenvalue weighted by molar-refractivity contribution is 9.10. The van der Waals surface area contributed by atoms with Crippen molar-refractivity contribution in [3.63, 3.8) is 0 Å². The van der Waals surface area contributed by atoms with Crippen LogP contribution in [0, 0.1) is 28.4 Å². The molecular weight excluding hydrogens is 336 g/mol. The summed E-state index contributed by atoms with van der Waals surface area (Å²) in [5.41, 5.74) is 2.08. The Kier molecular flexibility index (Phi) is 4.55. The monoisotopic (exact) mass is 346 g/mol. The lowest BCUT2D eigenvalue weighted by Crippen LogP contribution is -2.00. The molecule has 0 amide bonds. The number of nitriles is 1. The molecule has 0 heterocycles. The van der Waals surface area contributed by atoms with Gasteiger partial charge in [-0.3, -0.25) is 10.1 Å². The number of nitro groups is 1. The number of hydrogen-bond acceptors (Lipinski definition) is 4. The Morgan fingerprint density at radius 2 is 2.14 bits per heavy atom. The predicted octanol–water partition coefficient (Wildman–Crippen LogP) is 4.12. The molecule has 0 aliphatic carbocycles. The number of hydrogen-bond donors (Lipinski definition) is 0. The topological polar surface area (TPSA) is 76.2 Å². The van der Waals surface area contributed by atoms with E-state index in [9.17, 15) is 10.1 Å². The van der Waals surface area contributed by atoms with Gasteiger partial charge in [0.15, 0.2) is 0 Å². The number of benzene rings is 2. The average molecular weight is 347 g/mol. The van der Waals surface area contributed by atoms with Gasteiger partial charge < -0.3 is 4.74 Å². The fourth-order valence-electron chi connectivity index (χ4n) is 1.80. The van der Waals surface area contributed by atoms with E-state index >= 15 is 0 Å². The molecule has 0 spiro atoms. The van der Waals surface area contributed by atoms with E-state index in [-0.39, 0.29) is 12.3 Å². The summed E-state index contributed by atoms with van der Waals surface area (Å²) in [6, 6.07) is 12.0. The van der Waals surface area contributed by atoms with Crippen molar-refractivity contribution in [1.29, 1.82) is 5.26 Å². The molecule has 0 aromatic heterocycles. The predicted molar refractivity (Wildman–Crippen MR) is 81.0 cm³/mol. The smallest absolute Gasteiger partial charge is 0.283 e. The van der Waals surface area contributed by atoms with Gasteiger partial charge in [-0.15, -0.1) is 0 Å². The Morgan fingerprint density at radius 3 is 2.81 bits per heavy atom. The minimum atomic E-state index is -0.449. The summed E-state index contributed by atoms with van der Waals surface area (Å²) >= 11 is 3.23. The van der Waals surface area contributed by atoms with Crippen molar-refractivity contribution in [3.05, 3.63) is 67.7 Å². The van der Waals surface area contributed by atoms with Gasteiger partial charge in [0.05, 0.1) is 16.6 Å². The number of rotatable bonds is 4. The first-order chi connectivity index (χ1) is 10.0. The third-order valence-electron chi connectivity index (χ3n) is 2.96. The summed E-state index contributed by atoms with van der Waals surface area (Å²) < 4.78 is 6.08. The zero-order chi connectivity index (χ0) is 15.4. The quantitative estimate of drug-likeness (QED) is 0.616. The third kappa shape index (κ3) is 3.38. The Balaban J connectivity index is 2.23. The molecular formula is C15H11BrN2O3. The number of nitro benzene ring substituents is 1. The molecule has 0 aliphatic heterocycles. The molecule has 0 bridgehead atoms. The molecule has 0 fully saturated rings. The van der Waals surface area contributed by atoms with Crippen molar-refractivity contribution in [2.24, 2.45) is 0 Å². The third-order valence-corrected chi connectivity index (χ3v) is 3.87. The van der Waals surface area contributed by atoms with Crippen LogP contribution in [0.2, 0.25) is 0 Å². The van der Waals surface area contributed by atoms with Crippen LogP contribution < -0.4 is 4.74 Å². The fourth-order valence-corrected chi connectivity index (χ4v) is 2.32. The van der Waals surface area contributed by atoms with Crippen LogP contribution in [0.1, 0.15) is 16.7 Å². The van der Waals surface area contributed by atoms with Gasteiger partial charge >= 0.3 is 0 Å². The SMILES string of the molecule is Cc1ccc(C#N)cc1OCc1cccc([N+](=O)[O-])c1Br. The van der Waals surface area contributed by atoms with Gasteiger partial charge in [-0.1, -0.05) is 18.2 Å². The van der Waals surface area contributed by atoms with E-state index in [0.717, 1.165) is 5.56 Å². The van der Waals surface area contributed by atoms with Crippen molar-refractivity contribution >= 4 is 21.6 Å².